The highest BCUT2D eigenvalue weighted by Gasteiger charge is 2.39. The highest BCUT2D eigenvalue weighted by molar-refractivity contribution is 5.82. The van der Waals surface area contributed by atoms with Gasteiger partial charge in [0.25, 0.3) is 0 Å². The number of hydrogen-bond acceptors (Lipinski definition) is 4. The number of nitrogens with zero attached hydrogens (tertiary/aromatic N) is 2. The van der Waals surface area contributed by atoms with Crippen LogP contribution in [0, 0.1) is 5.92 Å². The molecule has 5 heteroatoms. The first kappa shape index (κ1) is 15.8. The number of amides is 1. The summed E-state index contributed by atoms with van der Waals surface area (Å²) in [6.45, 7) is 3.27. The number of carbonyl (C=O) groups excluding carboxylic acids is 1. The lowest BCUT2D eigenvalue weighted by Gasteiger charge is -2.45. The first-order valence-corrected chi connectivity index (χ1v) is 8.86. The van der Waals surface area contributed by atoms with Gasteiger partial charge in [-0.15, -0.1) is 0 Å². The molecule has 4 rings (SSSR count). The standard InChI is InChI=1S/C20H23N3O2/c24-17-8-4-7-16(13-17)23-12-11-22(15-5-2-1-3-6-15)14-19(23)18-9-10-21-20(18)25/h1-8,13,18-19,24H,9-12,14H2,(H,21,25). The molecule has 0 saturated carbocycles. The van der Waals surface area contributed by atoms with E-state index in [1.54, 1.807) is 12.1 Å². The van der Waals surface area contributed by atoms with Crippen molar-refractivity contribution in [3.8, 4) is 5.75 Å². The zero-order chi connectivity index (χ0) is 17.2. The van der Waals surface area contributed by atoms with Gasteiger partial charge in [0.15, 0.2) is 0 Å². The van der Waals surface area contributed by atoms with E-state index >= 15 is 0 Å². The predicted octanol–water partition coefficient (Wildman–Crippen LogP) is 2.22. The van der Waals surface area contributed by atoms with Gasteiger partial charge in [0, 0.05) is 43.6 Å². The van der Waals surface area contributed by atoms with Crippen molar-refractivity contribution in [2.45, 2.75) is 12.5 Å². The SMILES string of the molecule is O=C1NCCC1C1CN(c2ccccc2)CCN1c1cccc(O)c1. The lowest BCUT2D eigenvalue weighted by molar-refractivity contribution is -0.122. The number of carbonyl (C=O) groups is 1. The molecule has 2 saturated heterocycles. The molecule has 0 spiro atoms. The Morgan fingerprint density at radius 3 is 2.52 bits per heavy atom. The fraction of sp³-hybridized carbons (Fsp3) is 0.350. The van der Waals surface area contributed by atoms with E-state index in [1.165, 1.54) is 5.69 Å². The van der Waals surface area contributed by atoms with Crippen LogP contribution in [-0.4, -0.2) is 43.2 Å². The van der Waals surface area contributed by atoms with Crippen LogP contribution in [0.15, 0.2) is 54.6 Å². The van der Waals surface area contributed by atoms with Crippen LogP contribution in [-0.2, 0) is 4.79 Å². The normalized spacial score (nSPS) is 23.6. The zero-order valence-corrected chi connectivity index (χ0v) is 14.1. The van der Waals surface area contributed by atoms with Gasteiger partial charge in [-0.3, -0.25) is 4.79 Å². The summed E-state index contributed by atoms with van der Waals surface area (Å²) in [5, 5.41) is 12.8. The number of benzene rings is 2. The number of rotatable bonds is 3. The van der Waals surface area contributed by atoms with Crippen molar-refractivity contribution in [1.29, 1.82) is 0 Å². The van der Waals surface area contributed by atoms with E-state index in [2.05, 4.69) is 27.2 Å². The lowest BCUT2D eigenvalue weighted by Crippen LogP contribution is -2.57. The van der Waals surface area contributed by atoms with Gasteiger partial charge < -0.3 is 20.2 Å². The Hall–Kier alpha value is -2.69. The van der Waals surface area contributed by atoms with Gasteiger partial charge in [-0.05, 0) is 30.7 Å². The van der Waals surface area contributed by atoms with Gasteiger partial charge in [0.1, 0.15) is 5.75 Å². The summed E-state index contributed by atoms with van der Waals surface area (Å²) in [7, 11) is 0. The average Bonchev–Trinajstić information content (AvgIpc) is 3.08. The van der Waals surface area contributed by atoms with E-state index in [1.807, 2.05) is 30.3 Å². The molecule has 2 heterocycles. The smallest absolute Gasteiger partial charge is 0.225 e. The van der Waals surface area contributed by atoms with Crippen molar-refractivity contribution in [2.24, 2.45) is 5.92 Å². The van der Waals surface area contributed by atoms with Crippen LogP contribution in [0.4, 0.5) is 11.4 Å². The maximum Gasteiger partial charge on any atom is 0.225 e. The summed E-state index contributed by atoms with van der Waals surface area (Å²) < 4.78 is 0. The van der Waals surface area contributed by atoms with Crippen molar-refractivity contribution in [3.63, 3.8) is 0 Å². The second kappa shape index (κ2) is 6.67. The van der Waals surface area contributed by atoms with Crippen molar-refractivity contribution in [2.75, 3.05) is 36.0 Å². The van der Waals surface area contributed by atoms with E-state index < -0.39 is 0 Å². The maximum absolute atomic E-state index is 12.4. The van der Waals surface area contributed by atoms with Crippen LogP contribution in [0.5, 0.6) is 5.75 Å². The highest BCUT2D eigenvalue weighted by Crippen LogP contribution is 2.31. The second-order valence-electron chi connectivity index (χ2n) is 6.75. The number of anilines is 2. The van der Waals surface area contributed by atoms with Gasteiger partial charge in [-0.25, -0.2) is 0 Å². The molecule has 2 aliphatic heterocycles. The molecule has 2 N–H and O–H groups in total. The molecule has 2 unspecified atom stereocenters. The van der Waals surface area contributed by atoms with Gasteiger partial charge in [-0.1, -0.05) is 24.3 Å². The Kier molecular flexibility index (Phi) is 4.22. The number of phenolic OH excluding ortho intramolecular Hbond substituents is 1. The fourth-order valence-electron chi connectivity index (χ4n) is 4.00. The molecule has 2 fully saturated rings. The van der Waals surface area contributed by atoms with E-state index in [-0.39, 0.29) is 23.6 Å². The Labute approximate surface area is 147 Å². The van der Waals surface area contributed by atoms with Gasteiger partial charge in [-0.2, -0.15) is 0 Å². The molecule has 0 radical (unpaired) electrons. The molecule has 130 valence electrons. The minimum Gasteiger partial charge on any atom is -0.508 e. The molecule has 2 aromatic carbocycles. The predicted molar refractivity (Wildman–Crippen MR) is 99.0 cm³/mol. The number of phenols is 1. The summed E-state index contributed by atoms with van der Waals surface area (Å²) >= 11 is 0. The molecule has 5 nitrogen and oxygen atoms in total. The lowest BCUT2D eigenvalue weighted by atomic mass is 9.93. The summed E-state index contributed by atoms with van der Waals surface area (Å²) in [5.41, 5.74) is 2.18. The van der Waals surface area contributed by atoms with Crippen molar-refractivity contribution in [3.05, 3.63) is 54.6 Å². The van der Waals surface area contributed by atoms with Crippen LogP contribution in [0.1, 0.15) is 6.42 Å². The van der Waals surface area contributed by atoms with Crippen LogP contribution < -0.4 is 15.1 Å². The molecule has 2 atom stereocenters. The number of aromatic hydroxyl groups is 1. The summed E-state index contributed by atoms with van der Waals surface area (Å²) in [6, 6.07) is 17.8. The van der Waals surface area contributed by atoms with Crippen LogP contribution >= 0.6 is 0 Å². The molecular formula is C20H23N3O2. The van der Waals surface area contributed by atoms with Crippen molar-refractivity contribution >= 4 is 17.3 Å². The molecule has 2 aliphatic rings. The van der Waals surface area contributed by atoms with E-state index in [0.29, 0.717) is 0 Å². The Morgan fingerprint density at radius 1 is 1.00 bits per heavy atom. The Morgan fingerprint density at radius 2 is 1.80 bits per heavy atom. The summed E-state index contributed by atoms with van der Waals surface area (Å²) in [4.78, 5) is 17.0. The number of piperazine rings is 1. The minimum absolute atomic E-state index is 0.0196. The van der Waals surface area contributed by atoms with Crippen LogP contribution in [0.3, 0.4) is 0 Å². The molecule has 0 bridgehead atoms. The Balaban J connectivity index is 1.64. The van der Waals surface area contributed by atoms with Gasteiger partial charge in [0.2, 0.25) is 5.91 Å². The third-order valence-corrected chi connectivity index (χ3v) is 5.26. The van der Waals surface area contributed by atoms with E-state index in [0.717, 1.165) is 38.3 Å². The average molecular weight is 337 g/mol. The number of para-hydroxylation sites is 1. The van der Waals surface area contributed by atoms with E-state index in [4.69, 9.17) is 0 Å². The monoisotopic (exact) mass is 337 g/mol. The first-order valence-electron chi connectivity index (χ1n) is 8.86. The maximum atomic E-state index is 12.4. The second-order valence-corrected chi connectivity index (χ2v) is 6.75. The number of nitrogens with one attached hydrogen (secondary N) is 1. The molecule has 0 aliphatic carbocycles. The molecule has 1 amide bonds. The van der Waals surface area contributed by atoms with Gasteiger partial charge in [0.05, 0.1) is 12.0 Å². The summed E-state index contributed by atoms with van der Waals surface area (Å²) in [5.74, 6) is 0.386. The third-order valence-electron chi connectivity index (χ3n) is 5.26. The van der Waals surface area contributed by atoms with Crippen molar-refractivity contribution in [1.82, 2.24) is 5.32 Å². The molecular weight excluding hydrogens is 314 g/mol. The van der Waals surface area contributed by atoms with Crippen LogP contribution in [0.25, 0.3) is 0 Å². The third kappa shape index (κ3) is 3.14. The Bertz CT molecular complexity index is 750. The highest BCUT2D eigenvalue weighted by atomic mass is 16.3. The zero-order valence-electron chi connectivity index (χ0n) is 14.1. The fourth-order valence-corrected chi connectivity index (χ4v) is 4.00. The quantitative estimate of drug-likeness (QED) is 0.902. The van der Waals surface area contributed by atoms with E-state index in [9.17, 15) is 9.90 Å². The minimum atomic E-state index is -0.0196. The van der Waals surface area contributed by atoms with Gasteiger partial charge >= 0.3 is 0 Å². The van der Waals surface area contributed by atoms with Crippen molar-refractivity contribution < 1.29 is 9.90 Å². The largest absolute Gasteiger partial charge is 0.508 e. The number of hydrogen-bond donors (Lipinski definition) is 2. The molecule has 0 aromatic heterocycles. The molecule has 25 heavy (non-hydrogen) atoms. The topological polar surface area (TPSA) is 55.8 Å². The van der Waals surface area contributed by atoms with Crippen LogP contribution in [0.2, 0.25) is 0 Å². The first-order chi connectivity index (χ1) is 12.2. The molecule has 2 aromatic rings. The summed E-state index contributed by atoms with van der Waals surface area (Å²) in [6.07, 6.45) is 0.863.